The predicted octanol–water partition coefficient (Wildman–Crippen LogP) is 1.66. The van der Waals surface area contributed by atoms with E-state index in [9.17, 15) is 9.90 Å². The van der Waals surface area contributed by atoms with Crippen LogP contribution in [0.1, 0.15) is 42.1 Å². The fourth-order valence-electron chi connectivity index (χ4n) is 3.81. The smallest absolute Gasteiger partial charge is 0.267 e. The second kappa shape index (κ2) is 4.43. The van der Waals surface area contributed by atoms with E-state index in [1.54, 1.807) is 0 Å². The molecular formula is C14H21N3O2S. The Labute approximate surface area is 122 Å². The lowest BCUT2D eigenvalue weighted by atomic mass is 9.54. The molecule has 0 aromatic carbocycles. The number of nitrogens with two attached hydrogens (primary N) is 1. The lowest BCUT2D eigenvalue weighted by Gasteiger charge is -2.62. The lowest BCUT2D eigenvalue weighted by molar-refractivity contribution is -0.179. The van der Waals surface area contributed by atoms with Gasteiger partial charge in [-0.1, -0.05) is 13.8 Å². The van der Waals surface area contributed by atoms with Crippen molar-refractivity contribution >= 4 is 23.1 Å². The summed E-state index contributed by atoms with van der Waals surface area (Å²) in [7, 11) is 0. The number of likely N-dealkylation sites (tertiary alicyclic amines) is 1. The Balaban J connectivity index is 1.90. The zero-order chi connectivity index (χ0) is 14.7. The molecule has 2 heterocycles. The van der Waals surface area contributed by atoms with Crippen LogP contribution in [0.4, 0.5) is 5.69 Å². The van der Waals surface area contributed by atoms with Crippen molar-refractivity contribution in [2.75, 3.05) is 12.3 Å². The number of rotatable bonds is 1. The number of carbonyl (C=O) groups excluding carboxylic acids is 1. The summed E-state index contributed by atoms with van der Waals surface area (Å²) in [5.74, 6) is 0.181. The highest BCUT2D eigenvalue weighted by Gasteiger charge is 2.60. The van der Waals surface area contributed by atoms with Gasteiger partial charge in [-0.3, -0.25) is 4.79 Å². The summed E-state index contributed by atoms with van der Waals surface area (Å²) >= 11 is 1.18. The highest BCUT2D eigenvalue weighted by atomic mass is 32.1. The lowest BCUT2D eigenvalue weighted by Crippen LogP contribution is -2.71. The van der Waals surface area contributed by atoms with Crippen LogP contribution < -0.4 is 5.73 Å². The van der Waals surface area contributed by atoms with Gasteiger partial charge in [0.2, 0.25) is 0 Å². The minimum atomic E-state index is -0.316. The molecule has 1 saturated heterocycles. The third-order valence-electron chi connectivity index (χ3n) is 4.97. The van der Waals surface area contributed by atoms with Gasteiger partial charge in [0, 0.05) is 23.9 Å². The van der Waals surface area contributed by atoms with Crippen LogP contribution in [0.5, 0.6) is 0 Å². The van der Waals surface area contributed by atoms with Crippen molar-refractivity contribution in [3.63, 3.8) is 0 Å². The van der Waals surface area contributed by atoms with Gasteiger partial charge in [0.15, 0.2) is 0 Å². The molecular weight excluding hydrogens is 274 g/mol. The van der Waals surface area contributed by atoms with E-state index in [4.69, 9.17) is 5.73 Å². The van der Waals surface area contributed by atoms with Crippen molar-refractivity contribution in [3.05, 3.63) is 10.6 Å². The molecule has 1 aliphatic carbocycles. The largest absolute Gasteiger partial charge is 0.396 e. The Hall–Kier alpha value is -1.14. The van der Waals surface area contributed by atoms with Gasteiger partial charge in [-0.15, -0.1) is 0 Å². The summed E-state index contributed by atoms with van der Waals surface area (Å²) < 4.78 is 4.17. The molecule has 3 rings (SSSR count). The van der Waals surface area contributed by atoms with Crippen LogP contribution in [0.2, 0.25) is 0 Å². The molecule has 2 fully saturated rings. The molecule has 6 heteroatoms. The number of aliphatic hydroxyl groups is 1. The number of carbonyl (C=O) groups is 1. The van der Waals surface area contributed by atoms with Crippen LogP contribution in [0, 0.1) is 18.3 Å². The first-order chi connectivity index (χ1) is 9.35. The standard InChI is InChI=1S/C14H21N3O2S/c1-7-9(15)10(20-16-7)13(19)17-6-4-5-8-11(17)14(2,3)12(8)18/h8,11-12,18H,4-6,15H2,1-3H3/t8-,11+,12-/m0/s1. The molecule has 1 amide bonds. The summed E-state index contributed by atoms with van der Waals surface area (Å²) in [5.41, 5.74) is 6.94. The van der Waals surface area contributed by atoms with Crippen molar-refractivity contribution in [2.45, 2.75) is 45.8 Å². The van der Waals surface area contributed by atoms with Gasteiger partial charge in [-0.2, -0.15) is 4.37 Å². The van der Waals surface area contributed by atoms with Crippen LogP contribution in [-0.2, 0) is 0 Å². The number of hydrogen-bond acceptors (Lipinski definition) is 5. The molecule has 0 radical (unpaired) electrons. The normalized spacial score (nSPS) is 31.6. The number of piperidine rings is 1. The third-order valence-corrected chi connectivity index (χ3v) is 5.91. The fourth-order valence-corrected chi connectivity index (χ4v) is 4.57. The van der Waals surface area contributed by atoms with Gasteiger partial charge in [0.25, 0.3) is 5.91 Å². The maximum absolute atomic E-state index is 12.8. The van der Waals surface area contributed by atoms with E-state index in [1.165, 1.54) is 11.5 Å². The minimum absolute atomic E-state index is 0.0252. The number of nitrogen functional groups attached to an aromatic ring is 1. The van der Waals surface area contributed by atoms with Gasteiger partial charge in [-0.25, -0.2) is 0 Å². The van der Waals surface area contributed by atoms with E-state index in [0.717, 1.165) is 25.1 Å². The average molecular weight is 295 g/mol. The Morgan fingerprint density at radius 3 is 2.85 bits per heavy atom. The molecule has 5 nitrogen and oxygen atoms in total. The average Bonchev–Trinajstić information content (AvgIpc) is 2.77. The quantitative estimate of drug-likeness (QED) is 0.825. The maximum Gasteiger partial charge on any atom is 0.267 e. The van der Waals surface area contributed by atoms with Crippen LogP contribution in [0.25, 0.3) is 0 Å². The molecule has 1 aromatic heterocycles. The molecule has 110 valence electrons. The number of aryl methyl sites for hydroxylation is 1. The van der Waals surface area contributed by atoms with E-state index < -0.39 is 0 Å². The number of fused-ring (bicyclic) bond motifs is 1. The Kier molecular flexibility index (Phi) is 3.06. The Bertz CT molecular complexity index is 555. The van der Waals surface area contributed by atoms with E-state index in [1.807, 2.05) is 25.7 Å². The van der Waals surface area contributed by atoms with Crippen molar-refractivity contribution in [1.82, 2.24) is 9.27 Å². The molecule has 1 aromatic rings. The summed E-state index contributed by atoms with van der Waals surface area (Å²) in [6.07, 6.45) is 1.62. The zero-order valence-electron chi connectivity index (χ0n) is 12.1. The number of hydrogen-bond donors (Lipinski definition) is 2. The SMILES string of the molecule is Cc1nsc(C(=O)N2CCC[C@@H]3[C@H](O)C(C)(C)[C@@H]32)c1N. The number of anilines is 1. The number of aromatic nitrogens is 1. The van der Waals surface area contributed by atoms with E-state index in [2.05, 4.69) is 4.37 Å². The minimum Gasteiger partial charge on any atom is -0.396 e. The third kappa shape index (κ3) is 1.71. The Morgan fingerprint density at radius 2 is 2.25 bits per heavy atom. The first kappa shape index (κ1) is 13.8. The molecule has 1 saturated carbocycles. The van der Waals surface area contributed by atoms with Crippen molar-refractivity contribution in [2.24, 2.45) is 11.3 Å². The highest BCUT2D eigenvalue weighted by Crippen LogP contribution is 2.52. The van der Waals surface area contributed by atoms with Crippen LogP contribution >= 0.6 is 11.5 Å². The molecule has 0 spiro atoms. The van der Waals surface area contributed by atoms with Gasteiger partial charge < -0.3 is 15.7 Å². The summed E-state index contributed by atoms with van der Waals surface area (Å²) in [5, 5.41) is 10.2. The topological polar surface area (TPSA) is 79.5 Å². The zero-order valence-corrected chi connectivity index (χ0v) is 12.9. The van der Waals surface area contributed by atoms with E-state index >= 15 is 0 Å². The highest BCUT2D eigenvalue weighted by molar-refractivity contribution is 7.08. The molecule has 0 bridgehead atoms. The van der Waals surface area contributed by atoms with Gasteiger partial charge in [0.1, 0.15) is 4.88 Å². The Morgan fingerprint density at radius 1 is 1.55 bits per heavy atom. The number of nitrogens with zero attached hydrogens (tertiary/aromatic N) is 2. The van der Waals surface area contributed by atoms with Crippen molar-refractivity contribution in [1.29, 1.82) is 0 Å². The number of amides is 1. The summed E-state index contributed by atoms with van der Waals surface area (Å²) in [6, 6.07) is 0.112. The maximum atomic E-state index is 12.8. The summed E-state index contributed by atoms with van der Waals surface area (Å²) in [6.45, 7) is 6.63. The molecule has 2 aliphatic rings. The predicted molar refractivity (Wildman–Crippen MR) is 78.6 cm³/mol. The van der Waals surface area contributed by atoms with Gasteiger partial charge >= 0.3 is 0 Å². The van der Waals surface area contributed by atoms with Crippen molar-refractivity contribution in [3.8, 4) is 0 Å². The fraction of sp³-hybridized carbons (Fsp3) is 0.714. The van der Waals surface area contributed by atoms with E-state index in [0.29, 0.717) is 10.6 Å². The van der Waals surface area contributed by atoms with Gasteiger partial charge in [-0.05, 0) is 31.3 Å². The summed E-state index contributed by atoms with van der Waals surface area (Å²) in [4.78, 5) is 15.2. The second-order valence-electron chi connectivity index (χ2n) is 6.53. The molecule has 3 N–H and O–H groups in total. The second-order valence-corrected chi connectivity index (χ2v) is 7.30. The molecule has 3 atom stereocenters. The molecule has 0 unspecified atom stereocenters. The number of aliphatic hydroxyl groups excluding tert-OH is 1. The molecule has 20 heavy (non-hydrogen) atoms. The van der Waals surface area contributed by atoms with Crippen LogP contribution in [0.3, 0.4) is 0 Å². The first-order valence-electron chi connectivity index (χ1n) is 7.06. The molecule has 1 aliphatic heterocycles. The van der Waals surface area contributed by atoms with Crippen molar-refractivity contribution < 1.29 is 9.90 Å². The monoisotopic (exact) mass is 295 g/mol. The van der Waals surface area contributed by atoms with Crippen LogP contribution in [-0.4, -0.2) is 39.0 Å². The van der Waals surface area contributed by atoms with E-state index in [-0.39, 0.29) is 29.4 Å². The first-order valence-corrected chi connectivity index (χ1v) is 7.83. The van der Waals surface area contributed by atoms with Gasteiger partial charge in [0.05, 0.1) is 17.5 Å². The van der Waals surface area contributed by atoms with Crippen LogP contribution in [0.15, 0.2) is 0 Å².